The van der Waals surface area contributed by atoms with Crippen LogP contribution in [0.15, 0.2) is 59.7 Å². The van der Waals surface area contributed by atoms with E-state index in [0.29, 0.717) is 21.3 Å². The van der Waals surface area contributed by atoms with Crippen LogP contribution in [0.5, 0.6) is 5.75 Å². The zero-order chi connectivity index (χ0) is 19.1. The van der Waals surface area contributed by atoms with Gasteiger partial charge < -0.3 is 5.11 Å². The molecule has 8 nitrogen and oxygen atoms in total. The van der Waals surface area contributed by atoms with Gasteiger partial charge in [0.15, 0.2) is 0 Å². The lowest BCUT2D eigenvalue weighted by molar-refractivity contribution is -0.120. The summed E-state index contributed by atoms with van der Waals surface area (Å²) in [6.45, 7) is 0. The summed E-state index contributed by atoms with van der Waals surface area (Å²) >= 11 is 1.12. The molecule has 0 radical (unpaired) electrons. The van der Waals surface area contributed by atoms with Crippen molar-refractivity contribution in [3.8, 4) is 5.75 Å². The zero-order valence-corrected chi connectivity index (χ0v) is 14.8. The molecule has 0 bridgehead atoms. The Morgan fingerprint density at radius 1 is 1.11 bits per heavy atom. The van der Waals surface area contributed by atoms with Crippen molar-refractivity contribution in [1.82, 2.24) is 15.6 Å². The molecule has 27 heavy (non-hydrogen) atoms. The minimum Gasteiger partial charge on any atom is -0.508 e. The molecule has 2 amide bonds. The van der Waals surface area contributed by atoms with Crippen LogP contribution < -0.4 is 10.7 Å². The highest BCUT2D eigenvalue weighted by Gasteiger charge is 2.12. The van der Waals surface area contributed by atoms with E-state index in [0.717, 1.165) is 11.3 Å². The minimum atomic E-state index is -0.372. The van der Waals surface area contributed by atoms with Gasteiger partial charge in [-0.15, -0.1) is 10.2 Å². The summed E-state index contributed by atoms with van der Waals surface area (Å²) in [6.07, 6.45) is 1.40. The number of carbonyl (C=O) groups excluding carboxylic acids is 2. The van der Waals surface area contributed by atoms with Gasteiger partial charge >= 0.3 is 0 Å². The molecule has 0 aliphatic rings. The Bertz CT molecular complexity index is 972. The van der Waals surface area contributed by atoms with Crippen LogP contribution in [-0.4, -0.2) is 33.3 Å². The molecule has 0 unspecified atom stereocenters. The monoisotopic (exact) mass is 381 g/mol. The smallest absolute Gasteiger partial charge is 0.257 e. The fourth-order valence-electron chi connectivity index (χ4n) is 2.10. The van der Waals surface area contributed by atoms with Crippen molar-refractivity contribution in [3.05, 3.63) is 70.7 Å². The summed E-state index contributed by atoms with van der Waals surface area (Å²) < 4.78 is 0. The number of phenols is 1. The van der Waals surface area contributed by atoms with Crippen LogP contribution in [0.25, 0.3) is 0 Å². The Hall–Kier alpha value is -3.59. The van der Waals surface area contributed by atoms with Crippen LogP contribution in [0.3, 0.4) is 0 Å². The highest BCUT2D eigenvalue weighted by atomic mass is 32.1. The van der Waals surface area contributed by atoms with Gasteiger partial charge in [-0.2, -0.15) is 5.10 Å². The van der Waals surface area contributed by atoms with Crippen molar-refractivity contribution in [2.45, 2.75) is 6.42 Å². The molecule has 136 valence electrons. The number of aromatic hydroxyl groups is 1. The summed E-state index contributed by atoms with van der Waals surface area (Å²) in [5, 5.41) is 24.3. The van der Waals surface area contributed by atoms with Crippen molar-refractivity contribution < 1.29 is 14.7 Å². The quantitative estimate of drug-likeness (QED) is 0.447. The molecule has 0 aliphatic heterocycles. The number of rotatable bonds is 6. The molecule has 0 spiro atoms. The van der Waals surface area contributed by atoms with Crippen LogP contribution in [0.4, 0.5) is 5.13 Å². The van der Waals surface area contributed by atoms with Gasteiger partial charge in [-0.25, -0.2) is 5.43 Å². The van der Waals surface area contributed by atoms with E-state index in [2.05, 4.69) is 26.0 Å². The molecule has 2 aromatic carbocycles. The number of hydrazone groups is 1. The van der Waals surface area contributed by atoms with Crippen LogP contribution in [0, 0.1) is 0 Å². The first kappa shape index (κ1) is 18.2. The van der Waals surface area contributed by atoms with Crippen molar-refractivity contribution in [3.63, 3.8) is 0 Å². The third-order valence-electron chi connectivity index (χ3n) is 3.31. The predicted octanol–water partition coefficient (Wildman–Crippen LogP) is 2.19. The largest absolute Gasteiger partial charge is 0.508 e. The maximum Gasteiger partial charge on any atom is 0.257 e. The summed E-state index contributed by atoms with van der Waals surface area (Å²) in [4.78, 5) is 24.0. The van der Waals surface area contributed by atoms with Gasteiger partial charge in [0.25, 0.3) is 5.91 Å². The molecular weight excluding hydrogens is 366 g/mol. The van der Waals surface area contributed by atoms with Crippen molar-refractivity contribution in [2.75, 3.05) is 5.32 Å². The fraction of sp³-hybridized carbons (Fsp3) is 0.0556. The Balaban J connectivity index is 1.51. The predicted molar refractivity (Wildman–Crippen MR) is 102 cm³/mol. The number of carbonyl (C=O) groups is 2. The Kier molecular flexibility index (Phi) is 5.85. The molecule has 3 N–H and O–H groups in total. The van der Waals surface area contributed by atoms with Gasteiger partial charge in [-0.05, 0) is 29.8 Å². The molecule has 0 saturated heterocycles. The first-order valence-corrected chi connectivity index (χ1v) is 8.71. The van der Waals surface area contributed by atoms with Gasteiger partial charge in [0.1, 0.15) is 10.8 Å². The van der Waals surface area contributed by atoms with Gasteiger partial charge in [0, 0.05) is 5.56 Å². The standard InChI is InChI=1S/C18H15N5O3S/c24-14-8-4-5-12(9-14)11-19-21-15(25)10-16-22-23-18(27-16)20-17(26)13-6-2-1-3-7-13/h1-9,11,24H,10H2,(H,21,25)(H,20,23,26)/b19-11-. The van der Waals surface area contributed by atoms with E-state index in [1.807, 2.05) is 6.07 Å². The SMILES string of the molecule is O=C(Cc1nnc(NC(=O)c2ccccc2)s1)N/N=C\c1cccc(O)c1. The van der Waals surface area contributed by atoms with E-state index in [9.17, 15) is 14.7 Å². The number of hydrogen-bond donors (Lipinski definition) is 3. The van der Waals surface area contributed by atoms with E-state index in [-0.39, 0.29) is 24.0 Å². The first-order valence-electron chi connectivity index (χ1n) is 7.90. The van der Waals surface area contributed by atoms with Gasteiger partial charge in [-0.3, -0.25) is 14.9 Å². The molecule has 0 aliphatic carbocycles. The second-order valence-electron chi connectivity index (χ2n) is 5.39. The highest BCUT2D eigenvalue weighted by molar-refractivity contribution is 7.15. The maximum absolute atomic E-state index is 12.1. The third kappa shape index (κ3) is 5.44. The van der Waals surface area contributed by atoms with E-state index >= 15 is 0 Å². The Morgan fingerprint density at radius 3 is 2.70 bits per heavy atom. The fourth-order valence-corrected chi connectivity index (χ4v) is 2.83. The lowest BCUT2D eigenvalue weighted by Gasteiger charge is -1.99. The number of hydrogen-bond acceptors (Lipinski definition) is 7. The Labute approximate surface area is 158 Å². The van der Waals surface area contributed by atoms with Crippen LogP contribution in [0.1, 0.15) is 20.9 Å². The van der Waals surface area contributed by atoms with Crippen molar-refractivity contribution in [2.24, 2.45) is 5.10 Å². The molecular formula is C18H15N5O3S. The molecule has 3 aromatic rings. The van der Waals surface area contributed by atoms with Gasteiger partial charge in [-0.1, -0.05) is 41.7 Å². The number of benzene rings is 2. The molecule has 0 atom stereocenters. The third-order valence-corrected chi connectivity index (χ3v) is 4.15. The van der Waals surface area contributed by atoms with E-state index in [1.54, 1.807) is 42.5 Å². The minimum absolute atomic E-state index is 0.0176. The second-order valence-corrected chi connectivity index (χ2v) is 6.45. The van der Waals surface area contributed by atoms with E-state index < -0.39 is 0 Å². The normalized spacial score (nSPS) is 10.7. The maximum atomic E-state index is 12.1. The Morgan fingerprint density at radius 2 is 1.93 bits per heavy atom. The molecule has 3 rings (SSSR count). The first-order chi connectivity index (χ1) is 13.1. The van der Waals surface area contributed by atoms with Gasteiger partial charge in [0.2, 0.25) is 11.0 Å². The summed E-state index contributed by atoms with van der Waals surface area (Å²) in [7, 11) is 0. The average molecular weight is 381 g/mol. The molecule has 9 heteroatoms. The molecule has 1 aromatic heterocycles. The number of nitrogens with zero attached hydrogens (tertiary/aromatic N) is 3. The number of amides is 2. The number of aromatic nitrogens is 2. The average Bonchev–Trinajstić information content (AvgIpc) is 3.09. The van der Waals surface area contributed by atoms with E-state index in [1.165, 1.54) is 12.3 Å². The lowest BCUT2D eigenvalue weighted by Crippen LogP contribution is -2.19. The second kappa shape index (κ2) is 8.68. The highest BCUT2D eigenvalue weighted by Crippen LogP contribution is 2.16. The van der Waals surface area contributed by atoms with Gasteiger partial charge in [0.05, 0.1) is 12.6 Å². The van der Waals surface area contributed by atoms with Crippen LogP contribution >= 0.6 is 11.3 Å². The van der Waals surface area contributed by atoms with Crippen molar-refractivity contribution >= 4 is 34.5 Å². The number of phenolic OH excluding ortho intramolecular Hbond substituents is 1. The molecule has 1 heterocycles. The topological polar surface area (TPSA) is 117 Å². The summed E-state index contributed by atoms with van der Waals surface area (Å²) in [5.41, 5.74) is 3.53. The van der Waals surface area contributed by atoms with Crippen LogP contribution in [-0.2, 0) is 11.2 Å². The lowest BCUT2D eigenvalue weighted by atomic mass is 10.2. The van der Waals surface area contributed by atoms with E-state index in [4.69, 9.17) is 0 Å². The zero-order valence-electron chi connectivity index (χ0n) is 14.0. The number of nitrogens with one attached hydrogen (secondary N) is 2. The summed E-state index contributed by atoms with van der Waals surface area (Å²) in [6, 6.07) is 15.2. The van der Waals surface area contributed by atoms with Crippen LogP contribution in [0.2, 0.25) is 0 Å². The molecule has 0 saturated carbocycles. The van der Waals surface area contributed by atoms with Crippen molar-refractivity contribution in [1.29, 1.82) is 0 Å². The number of anilines is 1. The molecule has 0 fully saturated rings. The summed E-state index contributed by atoms with van der Waals surface area (Å²) in [5.74, 6) is -0.550.